The monoisotopic (exact) mass is 337 g/mol. The summed E-state index contributed by atoms with van der Waals surface area (Å²) in [6, 6.07) is 6.75. The average molecular weight is 337 g/mol. The molecule has 0 saturated heterocycles. The van der Waals surface area contributed by atoms with Gasteiger partial charge in [0, 0.05) is 20.0 Å². The molecule has 1 atom stereocenters. The minimum Gasteiger partial charge on any atom is -0.444 e. The topological polar surface area (TPSA) is 93.9 Å². The van der Waals surface area contributed by atoms with Crippen LogP contribution in [0.5, 0.6) is 0 Å². The third-order valence-corrected chi connectivity index (χ3v) is 3.24. The highest BCUT2D eigenvalue weighted by molar-refractivity contribution is 5.85. The fourth-order valence-corrected chi connectivity index (χ4v) is 2.08. The molecule has 3 N–H and O–H groups in total. The van der Waals surface area contributed by atoms with E-state index in [9.17, 15) is 9.59 Å². The second-order valence-corrected chi connectivity index (χ2v) is 6.45. The van der Waals surface area contributed by atoms with Crippen LogP contribution >= 0.6 is 0 Å². The molecule has 0 bridgehead atoms. The first-order valence-corrected chi connectivity index (χ1v) is 7.75. The maximum Gasteiger partial charge on any atom is 0.408 e. The van der Waals surface area contributed by atoms with Crippen molar-refractivity contribution in [2.75, 3.05) is 14.2 Å². The fraction of sp³-hybridized carbons (Fsp3) is 0.529. The lowest BCUT2D eigenvalue weighted by molar-refractivity contribution is -0.171. The highest BCUT2D eigenvalue weighted by Crippen LogP contribution is 2.11. The molecule has 0 unspecified atom stereocenters. The molecule has 0 aliphatic carbocycles. The summed E-state index contributed by atoms with van der Waals surface area (Å²) in [6.07, 6.45) is -0.347. The number of benzene rings is 1. The van der Waals surface area contributed by atoms with E-state index in [1.54, 1.807) is 20.8 Å². The van der Waals surface area contributed by atoms with Crippen molar-refractivity contribution in [1.29, 1.82) is 0 Å². The number of hydroxylamine groups is 2. The van der Waals surface area contributed by atoms with E-state index in [4.69, 9.17) is 15.3 Å². The highest BCUT2D eigenvalue weighted by Gasteiger charge is 2.27. The van der Waals surface area contributed by atoms with Crippen molar-refractivity contribution in [3.63, 3.8) is 0 Å². The molecule has 0 aromatic heterocycles. The highest BCUT2D eigenvalue weighted by atomic mass is 16.7. The Hall–Kier alpha value is -2.12. The first-order valence-electron chi connectivity index (χ1n) is 7.75. The lowest BCUT2D eigenvalue weighted by Crippen LogP contribution is -2.49. The minimum absolute atomic E-state index is 0.305. The molecule has 0 aliphatic heterocycles. The van der Waals surface area contributed by atoms with Gasteiger partial charge in [0.25, 0.3) is 5.91 Å². The molecule has 2 amide bonds. The summed E-state index contributed by atoms with van der Waals surface area (Å²) in [7, 11) is 2.87. The molecule has 1 aromatic carbocycles. The van der Waals surface area contributed by atoms with Crippen LogP contribution in [0.3, 0.4) is 0 Å². The van der Waals surface area contributed by atoms with Gasteiger partial charge in [0.15, 0.2) is 0 Å². The Morgan fingerprint density at radius 2 is 1.92 bits per heavy atom. The first-order chi connectivity index (χ1) is 11.2. The van der Waals surface area contributed by atoms with Crippen molar-refractivity contribution in [1.82, 2.24) is 10.4 Å². The third-order valence-electron chi connectivity index (χ3n) is 3.24. The number of nitrogens with two attached hydrogens (primary N) is 1. The van der Waals surface area contributed by atoms with Gasteiger partial charge < -0.3 is 15.8 Å². The summed E-state index contributed by atoms with van der Waals surface area (Å²) in [5.41, 5.74) is 6.84. The van der Waals surface area contributed by atoms with Crippen molar-refractivity contribution in [2.24, 2.45) is 5.73 Å². The number of likely N-dealkylation sites (N-methyl/N-ethyl adjacent to an activating group) is 1. The van der Waals surface area contributed by atoms with Crippen LogP contribution in [0.15, 0.2) is 24.3 Å². The van der Waals surface area contributed by atoms with E-state index in [0.29, 0.717) is 13.0 Å². The van der Waals surface area contributed by atoms with Crippen LogP contribution in [-0.4, -0.2) is 42.9 Å². The van der Waals surface area contributed by atoms with E-state index < -0.39 is 17.7 Å². The van der Waals surface area contributed by atoms with Gasteiger partial charge in [-0.15, -0.1) is 0 Å². The van der Waals surface area contributed by atoms with Crippen LogP contribution in [0, 0.1) is 0 Å². The van der Waals surface area contributed by atoms with Gasteiger partial charge in [-0.25, -0.2) is 9.86 Å². The normalized spacial score (nSPS) is 12.4. The standard InChI is InChI=1S/C17H27N3O4/c1-17(2,3)24-16(22)19-14(15(21)20(4)23-5)10-12-7-6-8-13(9-12)11-18/h6-9,14H,10-11,18H2,1-5H3,(H,19,22)/t14-/m0/s1. The zero-order chi connectivity index (χ0) is 18.3. The van der Waals surface area contributed by atoms with Crippen LogP contribution in [0.25, 0.3) is 0 Å². The summed E-state index contributed by atoms with van der Waals surface area (Å²) < 4.78 is 5.23. The Kier molecular flexibility index (Phi) is 7.18. The summed E-state index contributed by atoms with van der Waals surface area (Å²) in [5, 5.41) is 3.69. The van der Waals surface area contributed by atoms with Gasteiger partial charge >= 0.3 is 6.09 Å². The number of nitrogens with zero attached hydrogens (tertiary/aromatic N) is 1. The van der Waals surface area contributed by atoms with E-state index >= 15 is 0 Å². The molecule has 24 heavy (non-hydrogen) atoms. The molecule has 1 rings (SSSR count). The molecule has 7 heteroatoms. The molecular formula is C17H27N3O4. The molecule has 0 aliphatic rings. The van der Waals surface area contributed by atoms with Crippen LogP contribution in [0.4, 0.5) is 4.79 Å². The molecule has 0 fully saturated rings. The number of hydrogen-bond acceptors (Lipinski definition) is 5. The van der Waals surface area contributed by atoms with Gasteiger partial charge in [-0.3, -0.25) is 9.63 Å². The van der Waals surface area contributed by atoms with E-state index in [-0.39, 0.29) is 5.91 Å². The van der Waals surface area contributed by atoms with Gasteiger partial charge in [0.2, 0.25) is 0 Å². The predicted octanol–water partition coefficient (Wildman–Crippen LogP) is 1.60. The number of carbonyl (C=O) groups excluding carboxylic acids is 2. The second kappa shape index (κ2) is 8.65. The minimum atomic E-state index is -0.808. The fourth-order valence-electron chi connectivity index (χ4n) is 2.08. The number of rotatable bonds is 6. The Morgan fingerprint density at radius 3 is 2.46 bits per heavy atom. The number of carbonyl (C=O) groups is 2. The maximum atomic E-state index is 12.4. The maximum absolute atomic E-state index is 12.4. The SMILES string of the molecule is CON(C)C(=O)[C@H](Cc1cccc(CN)c1)NC(=O)OC(C)(C)C. The second-order valence-electron chi connectivity index (χ2n) is 6.45. The Morgan fingerprint density at radius 1 is 1.29 bits per heavy atom. The van der Waals surface area contributed by atoms with Gasteiger partial charge in [-0.05, 0) is 31.9 Å². The molecule has 0 saturated carbocycles. The van der Waals surface area contributed by atoms with E-state index in [2.05, 4.69) is 5.32 Å². The van der Waals surface area contributed by atoms with Gasteiger partial charge in [-0.2, -0.15) is 0 Å². The van der Waals surface area contributed by atoms with Gasteiger partial charge in [0.05, 0.1) is 7.11 Å². The molecule has 1 aromatic rings. The Balaban J connectivity index is 2.92. The molecular weight excluding hydrogens is 310 g/mol. The van der Waals surface area contributed by atoms with Crippen LogP contribution < -0.4 is 11.1 Å². The average Bonchev–Trinajstić information content (AvgIpc) is 2.51. The summed E-state index contributed by atoms with van der Waals surface area (Å²) in [5.74, 6) is -0.374. The summed E-state index contributed by atoms with van der Waals surface area (Å²) in [6.45, 7) is 5.68. The number of nitrogens with one attached hydrogen (secondary N) is 1. The molecule has 0 radical (unpaired) electrons. The van der Waals surface area contributed by atoms with Crippen LogP contribution in [0.1, 0.15) is 31.9 Å². The lowest BCUT2D eigenvalue weighted by Gasteiger charge is -2.25. The quantitative estimate of drug-likeness (QED) is 0.769. The van der Waals surface area contributed by atoms with Crippen molar-refractivity contribution >= 4 is 12.0 Å². The van der Waals surface area contributed by atoms with E-state index in [1.165, 1.54) is 14.2 Å². The smallest absolute Gasteiger partial charge is 0.408 e. The van der Waals surface area contributed by atoms with Gasteiger partial charge in [-0.1, -0.05) is 24.3 Å². The molecule has 0 heterocycles. The first kappa shape index (κ1) is 19.9. The Labute approximate surface area is 143 Å². The van der Waals surface area contributed by atoms with E-state index in [0.717, 1.165) is 16.2 Å². The van der Waals surface area contributed by atoms with Crippen LogP contribution in [-0.2, 0) is 27.3 Å². The summed E-state index contributed by atoms with van der Waals surface area (Å²) in [4.78, 5) is 29.4. The molecule has 7 nitrogen and oxygen atoms in total. The van der Waals surface area contributed by atoms with Crippen molar-refractivity contribution < 1.29 is 19.2 Å². The summed E-state index contributed by atoms with van der Waals surface area (Å²) >= 11 is 0. The van der Waals surface area contributed by atoms with E-state index in [1.807, 2.05) is 24.3 Å². The zero-order valence-corrected chi connectivity index (χ0v) is 15.0. The number of amides is 2. The number of hydrogen-bond donors (Lipinski definition) is 2. The largest absolute Gasteiger partial charge is 0.444 e. The zero-order valence-electron chi connectivity index (χ0n) is 15.0. The third kappa shape index (κ3) is 6.55. The number of ether oxygens (including phenoxy) is 1. The Bertz CT molecular complexity index is 569. The predicted molar refractivity (Wildman–Crippen MR) is 91.0 cm³/mol. The molecule has 134 valence electrons. The van der Waals surface area contributed by atoms with Crippen molar-refractivity contribution in [3.05, 3.63) is 35.4 Å². The lowest BCUT2D eigenvalue weighted by atomic mass is 10.0. The van der Waals surface area contributed by atoms with Crippen molar-refractivity contribution in [2.45, 2.75) is 45.4 Å². The van der Waals surface area contributed by atoms with Crippen LogP contribution in [0.2, 0.25) is 0 Å². The van der Waals surface area contributed by atoms with Crippen molar-refractivity contribution in [3.8, 4) is 0 Å². The molecule has 0 spiro atoms. The number of alkyl carbamates (subject to hydrolysis) is 1. The van der Waals surface area contributed by atoms with Gasteiger partial charge in [0.1, 0.15) is 11.6 Å².